The lowest BCUT2D eigenvalue weighted by atomic mass is 10.1. The number of fused-ring (bicyclic) bond motifs is 1. The fourth-order valence-electron chi connectivity index (χ4n) is 2.01. The number of nitrogens with zero attached hydrogens (tertiary/aromatic N) is 1. The standard InChI is InChI=1S/C17H22N2O/c1-13(2)12-20-9-8-18-11-15-5-7-17-16(10-15)6-4-14(3)19-17/h4-7,10,18H,1,8-9,11-12H2,2-3H3. The summed E-state index contributed by atoms with van der Waals surface area (Å²) in [6.07, 6.45) is 0. The molecule has 0 aliphatic rings. The van der Waals surface area contributed by atoms with Gasteiger partial charge in [0.05, 0.1) is 18.7 Å². The first-order valence-corrected chi connectivity index (χ1v) is 6.94. The Labute approximate surface area is 120 Å². The van der Waals surface area contributed by atoms with Crippen molar-refractivity contribution in [3.05, 3.63) is 53.7 Å². The van der Waals surface area contributed by atoms with Crippen molar-refractivity contribution in [1.29, 1.82) is 0 Å². The molecule has 0 saturated carbocycles. The summed E-state index contributed by atoms with van der Waals surface area (Å²) >= 11 is 0. The highest BCUT2D eigenvalue weighted by Crippen LogP contribution is 2.14. The Morgan fingerprint density at radius 1 is 1.30 bits per heavy atom. The van der Waals surface area contributed by atoms with E-state index in [-0.39, 0.29) is 0 Å². The van der Waals surface area contributed by atoms with E-state index in [0.29, 0.717) is 13.2 Å². The lowest BCUT2D eigenvalue weighted by Crippen LogP contribution is -2.19. The average Bonchev–Trinajstić information content (AvgIpc) is 2.42. The molecule has 0 bridgehead atoms. The third kappa shape index (κ3) is 4.44. The Bertz CT molecular complexity index is 593. The van der Waals surface area contributed by atoms with Crippen LogP contribution < -0.4 is 5.32 Å². The monoisotopic (exact) mass is 270 g/mol. The second-order valence-electron chi connectivity index (χ2n) is 5.17. The summed E-state index contributed by atoms with van der Waals surface area (Å²) in [6, 6.07) is 10.6. The van der Waals surface area contributed by atoms with Gasteiger partial charge in [-0.25, -0.2) is 0 Å². The zero-order valence-corrected chi connectivity index (χ0v) is 12.3. The SMILES string of the molecule is C=C(C)COCCNCc1ccc2nc(C)ccc2c1. The quantitative estimate of drug-likeness (QED) is 0.619. The molecule has 3 nitrogen and oxygen atoms in total. The van der Waals surface area contributed by atoms with Gasteiger partial charge in [0.2, 0.25) is 0 Å². The number of hydrogen-bond donors (Lipinski definition) is 1. The van der Waals surface area contributed by atoms with Crippen molar-refractivity contribution in [3.63, 3.8) is 0 Å². The van der Waals surface area contributed by atoms with Gasteiger partial charge in [0, 0.05) is 24.2 Å². The number of aromatic nitrogens is 1. The molecule has 2 aromatic rings. The molecule has 0 atom stereocenters. The van der Waals surface area contributed by atoms with Gasteiger partial charge in [-0.3, -0.25) is 4.98 Å². The molecule has 0 unspecified atom stereocenters. The molecule has 0 radical (unpaired) electrons. The number of rotatable bonds is 7. The molecule has 1 aromatic heterocycles. The zero-order valence-electron chi connectivity index (χ0n) is 12.3. The van der Waals surface area contributed by atoms with Crippen LogP contribution in [0.4, 0.5) is 0 Å². The largest absolute Gasteiger partial charge is 0.376 e. The maximum Gasteiger partial charge on any atom is 0.0705 e. The van der Waals surface area contributed by atoms with Gasteiger partial charge < -0.3 is 10.1 Å². The molecule has 106 valence electrons. The maximum atomic E-state index is 5.44. The lowest BCUT2D eigenvalue weighted by molar-refractivity contribution is 0.158. The average molecular weight is 270 g/mol. The molecule has 0 saturated heterocycles. The number of aryl methyl sites for hydroxylation is 1. The molecule has 0 aliphatic carbocycles. The number of pyridine rings is 1. The van der Waals surface area contributed by atoms with Crippen LogP contribution in [-0.4, -0.2) is 24.7 Å². The lowest BCUT2D eigenvalue weighted by Gasteiger charge is -2.07. The van der Waals surface area contributed by atoms with Gasteiger partial charge in [-0.15, -0.1) is 0 Å². The normalized spacial score (nSPS) is 10.9. The van der Waals surface area contributed by atoms with Crippen molar-refractivity contribution in [2.24, 2.45) is 0 Å². The Balaban J connectivity index is 1.81. The van der Waals surface area contributed by atoms with Crippen molar-refractivity contribution in [2.45, 2.75) is 20.4 Å². The van der Waals surface area contributed by atoms with Crippen molar-refractivity contribution in [2.75, 3.05) is 19.8 Å². The molecule has 0 spiro atoms. The first-order valence-electron chi connectivity index (χ1n) is 6.94. The van der Waals surface area contributed by atoms with Crippen LogP contribution in [-0.2, 0) is 11.3 Å². The van der Waals surface area contributed by atoms with Gasteiger partial charge in [-0.1, -0.05) is 24.3 Å². The predicted octanol–water partition coefficient (Wildman–Crippen LogP) is 3.23. The highest BCUT2D eigenvalue weighted by Gasteiger charge is 1.98. The van der Waals surface area contributed by atoms with E-state index in [4.69, 9.17) is 4.74 Å². The number of hydrogen-bond acceptors (Lipinski definition) is 3. The van der Waals surface area contributed by atoms with Crippen LogP contribution in [0.1, 0.15) is 18.2 Å². The minimum Gasteiger partial charge on any atom is -0.376 e. The van der Waals surface area contributed by atoms with Gasteiger partial charge in [0.1, 0.15) is 0 Å². The highest BCUT2D eigenvalue weighted by atomic mass is 16.5. The molecule has 1 N–H and O–H groups in total. The first kappa shape index (κ1) is 14.7. The van der Waals surface area contributed by atoms with Gasteiger partial charge in [-0.05, 0) is 37.6 Å². The fraction of sp³-hybridized carbons (Fsp3) is 0.353. The van der Waals surface area contributed by atoms with E-state index in [1.807, 2.05) is 19.9 Å². The van der Waals surface area contributed by atoms with Crippen molar-refractivity contribution in [3.8, 4) is 0 Å². The van der Waals surface area contributed by atoms with Gasteiger partial charge in [-0.2, -0.15) is 0 Å². The summed E-state index contributed by atoms with van der Waals surface area (Å²) in [5.41, 5.74) is 4.43. The van der Waals surface area contributed by atoms with Crippen LogP contribution in [0.25, 0.3) is 10.9 Å². The summed E-state index contributed by atoms with van der Waals surface area (Å²) in [6.45, 7) is 10.8. The highest BCUT2D eigenvalue weighted by molar-refractivity contribution is 5.79. The third-order valence-electron chi connectivity index (χ3n) is 2.99. The van der Waals surface area contributed by atoms with Crippen molar-refractivity contribution < 1.29 is 4.74 Å². The molecule has 0 amide bonds. The molecule has 1 heterocycles. The summed E-state index contributed by atoms with van der Waals surface area (Å²) in [5, 5.41) is 4.56. The third-order valence-corrected chi connectivity index (χ3v) is 2.99. The second kappa shape index (κ2) is 7.17. The predicted molar refractivity (Wildman–Crippen MR) is 83.8 cm³/mol. The summed E-state index contributed by atoms with van der Waals surface area (Å²) < 4.78 is 5.44. The molecule has 20 heavy (non-hydrogen) atoms. The minimum atomic E-state index is 0.642. The Hall–Kier alpha value is -1.71. The van der Waals surface area contributed by atoms with E-state index in [2.05, 4.69) is 41.1 Å². The molecule has 2 rings (SSSR count). The van der Waals surface area contributed by atoms with Crippen LogP contribution in [0.2, 0.25) is 0 Å². The molecule has 0 fully saturated rings. The number of nitrogens with one attached hydrogen (secondary N) is 1. The van der Waals surface area contributed by atoms with E-state index < -0.39 is 0 Å². The molecular formula is C17H22N2O. The smallest absolute Gasteiger partial charge is 0.0705 e. The van der Waals surface area contributed by atoms with Gasteiger partial charge in [0.15, 0.2) is 0 Å². The van der Waals surface area contributed by atoms with E-state index in [1.54, 1.807) is 0 Å². The summed E-state index contributed by atoms with van der Waals surface area (Å²) in [4.78, 5) is 4.51. The number of ether oxygens (including phenoxy) is 1. The first-order chi connectivity index (χ1) is 9.65. The van der Waals surface area contributed by atoms with E-state index in [1.165, 1.54) is 10.9 Å². The zero-order chi connectivity index (χ0) is 14.4. The second-order valence-corrected chi connectivity index (χ2v) is 5.17. The van der Waals surface area contributed by atoms with Gasteiger partial charge in [0.25, 0.3) is 0 Å². The van der Waals surface area contributed by atoms with E-state index in [9.17, 15) is 0 Å². The molecule has 0 aliphatic heterocycles. The Morgan fingerprint density at radius 3 is 2.95 bits per heavy atom. The van der Waals surface area contributed by atoms with Crippen LogP contribution in [0, 0.1) is 6.92 Å². The fourth-order valence-corrected chi connectivity index (χ4v) is 2.01. The summed E-state index contributed by atoms with van der Waals surface area (Å²) in [5.74, 6) is 0. The van der Waals surface area contributed by atoms with E-state index >= 15 is 0 Å². The molecule has 1 aromatic carbocycles. The van der Waals surface area contributed by atoms with Crippen molar-refractivity contribution in [1.82, 2.24) is 10.3 Å². The maximum absolute atomic E-state index is 5.44. The van der Waals surface area contributed by atoms with Crippen LogP contribution >= 0.6 is 0 Å². The minimum absolute atomic E-state index is 0.642. The van der Waals surface area contributed by atoms with Crippen LogP contribution in [0.3, 0.4) is 0 Å². The van der Waals surface area contributed by atoms with Crippen LogP contribution in [0.15, 0.2) is 42.5 Å². The van der Waals surface area contributed by atoms with Gasteiger partial charge >= 0.3 is 0 Å². The Morgan fingerprint density at radius 2 is 2.15 bits per heavy atom. The topological polar surface area (TPSA) is 34.1 Å². The Kier molecular flexibility index (Phi) is 5.27. The van der Waals surface area contributed by atoms with Crippen molar-refractivity contribution >= 4 is 10.9 Å². The molecule has 3 heteroatoms. The van der Waals surface area contributed by atoms with E-state index in [0.717, 1.165) is 29.9 Å². The number of benzene rings is 1. The molecular weight excluding hydrogens is 248 g/mol. The van der Waals surface area contributed by atoms with Crippen LogP contribution in [0.5, 0.6) is 0 Å². The summed E-state index contributed by atoms with van der Waals surface area (Å²) in [7, 11) is 0.